The number of nitrogens with zero attached hydrogens (tertiary/aromatic N) is 2. The fraction of sp³-hybridized carbons (Fsp3) is 0. The van der Waals surface area contributed by atoms with Gasteiger partial charge in [0.05, 0.1) is 10.6 Å². The standard InChI is InChI=1S/C12H10N4O3/c17-12(11-3-1-2-8-13-11)15-14-9-4-6-10(7-5-9)16(18)19/h1-8,14H,(H,15,17). The zero-order chi connectivity index (χ0) is 13.7. The molecule has 0 unspecified atom stereocenters. The minimum Gasteiger partial charge on any atom is -0.298 e. The molecule has 7 heteroatoms. The van der Waals surface area contributed by atoms with E-state index in [9.17, 15) is 14.9 Å². The van der Waals surface area contributed by atoms with Crippen molar-refractivity contribution in [3.8, 4) is 0 Å². The fourth-order valence-electron chi connectivity index (χ4n) is 1.36. The largest absolute Gasteiger partial charge is 0.298 e. The summed E-state index contributed by atoms with van der Waals surface area (Å²) < 4.78 is 0. The Kier molecular flexibility index (Phi) is 3.67. The second kappa shape index (κ2) is 5.58. The zero-order valence-corrected chi connectivity index (χ0v) is 9.74. The van der Waals surface area contributed by atoms with Gasteiger partial charge in [-0.15, -0.1) is 0 Å². The molecule has 2 N–H and O–H groups in total. The Labute approximate surface area is 108 Å². The van der Waals surface area contributed by atoms with E-state index in [1.807, 2.05) is 0 Å². The van der Waals surface area contributed by atoms with E-state index in [4.69, 9.17) is 0 Å². The number of nitro benzene ring substituents is 1. The van der Waals surface area contributed by atoms with E-state index in [2.05, 4.69) is 15.8 Å². The van der Waals surface area contributed by atoms with Crippen molar-refractivity contribution in [3.05, 3.63) is 64.5 Å². The molecule has 0 bridgehead atoms. The highest BCUT2D eigenvalue weighted by molar-refractivity contribution is 5.92. The maximum Gasteiger partial charge on any atom is 0.288 e. The molecular weight excluding hydrogens is 248 g/mol. The normalized spacial score (nSPS) is 9.68. The summed E-state index contributed by atoms with van der Waals surface area (Å²) in [5, 5.41) is 10.5. The van der Waals surface area contributed by atoms with Crippen LogP contribution in [0.1, 0.15) is 10.5 Å². The number of anilines is 1. The number of nitro groups is 1. The van der Waals surface area contributed by atoms with Crippen LogP contribution in [-0.2, 0) is 0 Å². The summed E-state index contributed by atoms with van der Waals surface area (Å²) >= 11 is 0. The number of benzene rings is 1. The lowest BCUT2D eigenvalue weighted by Crippen LogP contribution is -2.29. The third kappa shape index (κ3) is 3.25. The quantitative estimate of drug-likeness (QED) is 0.643. The third-order valence-electron chi connectivity index (χ3n) is 2.30. The number of rotatable bonds is 4. The van der Waals surface area contributed by atoms with Crippen LogP contribution in [0.3, 0.4) is 0 Å². The summed E-state index contributed by atoms with van der Waals surface area (Å²) in [6, 6.07) is 10.7. The number of hydrazine groups is 1. The lowest BCUT2D eigenvalue weighted by molar-refractivity contribution is -0.384. The maximum absolute atomic E-state index is 11.6. The van der Waals surface area contributed by atoms with Gasteiger partial charge in [-0.2, -0.15) is 0 Å². The van der Waals surface area contributed by atoms with Crippen LogP contribution in [0.25, 0.3) is 0 Å². The van der Waals surface area contributed by atoms with Gasteiger partial charge in [-0.05, 0) is 24.3 Å². The first kappa shape index (κ1) is 12.5. The minimum absolute atomic E-state index is 0.0124. The van der Waals surface area contributed by atoms with Gasteiger partial charge in [0.2, 0.25) is 0 Å². The summed E-state index contributed by atoms with van der Waals surface area (Å²) in [7, 11) is 0. The predicted octanol–water partition coefficient (Wildman–Crippen LogP) is 1.75. The molecule has 0 atom stereocenters. The molecule has 1 heterocycles. The van der Waals surface area contributed by atoms with Crippen LogP contribution in [0.5, 0.6) is 0 Å². The first-order valence-electron chi connectivity index (χ1n) is 5.38. The number of pyridine rings is 1. The number of carbonyl (C=O) groups excluding carboxylic acids is 1. The summed E-state index contributed by atoms with van der Waals surface area (Å²) in [6.45, 7) is 0. The number of aromatic nitrogens is 1. The Morgan fingerprint density at radius 1 is 1.16 bits per heavy atom. The van der Waals surface area contributed by atoms with E-state index in [0.29, 0.717) is 5.69 Å². The fourth-order valence-corrected chi connectivity index (χ4v) is 1.36. The number of nitrogens with one attached hydrogen (secondary N) is 2. The molecule has 1 aromatic carbocycles. The maximum atomic E-state index is 11.6. The molecular formula is C12H10N4O3. The molecule has 2 aromatic rings. The van der Waals surface area contributed by atoms with Crippen molar-refractivity contribution in [2.24, 2.45) is 0 Å². The molecule has 96 valence electrons. The van der Waals surface area contributed by atoms with Crippen LogP contribution in [-0.4, -0.2) is 15.8 Å². The van der Waals surface area contributed by atoms with Crippen LogP contribution in [0, 0.1) is 10.1 Å². The molecule has 0 saturated carbocycles. The highest BCUT2D eigenvalue weighted by Crippen LogP contribution is 2.14. The average molecular weight is 258 g/mol. The molecule has 0 aliphatic rings. The number of amides is 1. The van der Waals surface area contributed by atoms with E-state index in [1.165, 1.54) is 30.5 Å². The first-order valence-corrected chi connectivity index (χ1v) is 5.38. The third-order valence-corrected chi connectivity index (χ3v) is 2.30. The van der Waals surface area contributed by atoms with Gasteiger partial charge >= 0.3 is 0 Å². The average Bonchev–Trinajstić information content (AvgIpc) is 2.46. The van der Waals surface area contributed by atoms with Crippen molar-refractivity contribution in [3.63, 3.8) is 0 Å². The van der Waals surface area contributed by atoms with Gasteiger partial charge in [0.1, 0.15) is 5.69 Å². The monoisotopic (exact) mass is 258 g/mol. The van der Waals surface area contributed by atoms with Crippen molar-refractivity contribution in [2.75, 3.05) is 5.43 Å². The molecule has 7 nitrogen and oxygen atoms in total. The second-order valence-electron chi connectivity index (χ2n) is 3.60. The number of non-ortho nitro benzene ring substituents is 1. The number of hydrogen-bond donors (Lipinski definition) is 2. The summed E-state index contributed by atoms with van der Waals surface area (Å²) in [5.74, 6) is -0.390. The Morgan fingerprint density at radius 3 is 2.47 bits per heavy atom. The van der Waals surface area contributed by atoms with Crippen LogP contribution in [0.2, 0.25) is 0 Å². The van der Waals surface area contributed by atoms with Crippen molar-refractivity contribution in [1.82, 2.24) is 10.4 Å². The molecule has 0 aliphatic carbocycles. The van der Waals surface area contributed by atoms with Crippen LogP contribution >= 0.6 is 0 Å². The minimum atomic E-state index is -0.490. The molecule has 1 amide bonds. The van der Waals surface area contributed by atoms with Gasteiger partial charge in [-0.3, -0.25) is 30.7 Å². The number of carbonyl (C=O) groups is 1. The van der Waals surface area contributed by atoms with Gasteiger partial charge in [0.25, 0.3) is 11.6 Å². The van der Waals surface area contributed by atoms with Crippen LogP contribution in [0.4, 0.5) is 11.4 Å². The Balaban J connectivity index is 1.95. The van der Waals surface area contributed by atoms with E-state index >= 15 is 0 Å². The smallest absolute Gasteiger partial charge is 0.288 e. The van der Waals surface area contributed by atoms with E-state index in [-0.39, 0.29) is 17.3 Å². The van der Waals surface area contributed by atoms with Crippen molar-refractivity contribution in [2.45, 2.75) is 0 Å². The van der Waals surface area contributed by atoms with Gasteiger partial charge in [-0.1, -0.05) is 6.07 Å². The Morgan fingerprint density at radius 2 is 1.89 bits per heavy atom. The van der Waals surface area contributed by atoms with Crippen molar-refractivity contribution < 1.29 is 9.72 Å². The zero-order valence-electron chi connectivity index (χ0n) is 9.74. The van der Waals surface area contributed by atoms with Crippen LogP contribution in [0.15, 0.2) is 48.7 Å². The molecule has 0 radical (unpaired) electrons. The summed E-state index contributed by atoms with van der Waals surface area (Å²) in [5.41, 5.74) is 5.89. The Hall–Kier alpha value is -2.96. The van der Waals surface area contributed by atoms with E-state index in [0.717, 1.165) is 0 Å². The molecule has 0 spiro atoms. The van der Waals surface area contributed by atoms with Gasteiger partial charge < -0.3 is 0 Å². The molecule has 0 aliphatic heterocycles. The highest BCUT2D eigenvalue weighted by Gasteiger charge is 2.06. The second-order valence-corrected chi connectivity index (χ2v) is 3.60. The lowest BCUT2D eigenvalue weighted by Gasteiger charge is -2.07. The van der Waals surface area contributed by atoms with Gasteiger partial charge in [0.15, 0.2) is 0 Å². The predicted molar refractivity (Wildman–Crippen MR) is 68.4 cm³/mol. The summed E-state index contributed by atoms with van der Waals surface area (Å²) in [4.78, 5) is 25.5. The van der Waals surface area contributed by atoms with E-state index < -0.39 is 4.92 Å². The molecule has 2 rings (SSSR count). The SMILES string of the molecule is O=C(NNc1ccc([N+](=O)[O-])cc1)c1ccccn1. The van der Waals surface area contributed by atoms with Gasteiger partial charge in [-0.25, -0.2) is 0 Å². The van der Waals surface area contributed by atoms with Crippen molar-refractivity contribution in [1.29, 1.82) is 0 Å². The lowest BCUT2D eigenvalue weighted by atomic mass is 10.3. The first-order chi connectivity index (χ1) is 9.16. The van der Waals surface area contributed by atoms with Crippen molar-refractivity contribution >= 4 is 17.3 Å². The molecule has 0 saturated heterocycles. The number of hydrogen-bond acceptors (Lipinski definition) is 5. The summed E-state index contributed by atoms with van der Waals surface area (Å²) in [6.07, 6.45) is 1.51. The highest BCUT2D eigenvalue weighted by atomic mass is 16.6. The topological polar surface area (TPSA) is 97.2 Å². The molecule has 19 heavy (non-hydrogen) atoms. The Bertz CT molecular complexity index is 584. The van der Waals surface area contributed by atoms with E-state index in [1.54, 1.807) is 18.2 Å². The van der Waals surface area contributed by atoms with Crippen LogP contribution < -0.4 is 10.9 Å². The molecule has 1 aromatic heterocycles. The molecule has 0 fully saturated rings. The van der Waals surface area contributed by atoms with Gasteiger partial charge in [0, 0.05) is 18.3 Å².